The number of anilines is 2. The lowest BCUT2D eigenvalue weighted by Crippen LogP contribution is -1.97. The number of Topliss-reactive ketones (excluding diaryl/α,β-unsaturated/α-hetero) is 1. The minimum absolute atomic E-state index is 0.0297. The smallest absolute Gasteiger partial charge is 0.161 e. The average molecular weight is 240 g/mol. The maximum Gasteiger partial charge on any atom is 0.161 e. The van der Waals surface area contributed by atoms with Crippen molar-refractivity contribution in [3.05, 3.63) is 53.7 Å². The Balaban J connectivity index is 2.15. The van der Waals surface area contributed by atoms with Gasteiger partial charge in [0.05, 0.1) is 0 Å². The number of aryl methyl sites for hydroxylation is 1. The molecular formula is C15H16N2O. The summed E-state index contributed by atoms with van der Waals surface area (Å²) in [6.45, 7) is 3.66. The van der Waals surface area contributed by atoms with E-state index in [1.165, 1.54) is 12.5 Å². The molecule has 92 valence electrons. The van der Waals surface area contributed by atoms with Gasteiger partial charge in [0.1, 0.15) is 5.82 Å². The number of nitrogens with one attached hydrogen (secondary N) is 1. The molecule has 0 fully saturated rings. The lowest BCUT2D eigenvalue weighted by molar-refractivity contribution is 0.101. The summed E-state index contributed by atoms with van der Waals surface area (Å²) in [6.07, 6.45) is 2.60. The van der Waals surface area contributed by atoms with Crippen molar-refractivity contribution in [1.29, 1.82) is 0 Å². The number of hydrogen-bond donors (Lipinski definition) is 1. The van der Waals surface area contributed by atoms with Crippen molar-refractivity contribution in [2.45, 2.75) is 20.3 Å². The van der Waals surface area contributed by atoms with E-state index in [0.717, 1.165) is 17.9 Å². The lowest BCUT2D eigenvalue weighted by Gasteiger charge is -2.07. The van der Waals surface area contributed by atoms with Gasteiger partial charge in [-0.2, -0.15) is 0 Å². The van der Waals surface area contributed by atoms with Crippen LogP contribution >= 0.6 is 0 Å². The first-order chi connectivity index (χ1) is 8.69. The van der Waals surface area contributed by atoms with Crippen molar-refractivity contribution < 1.29 is 4.79 Å². The van der Waals surface area contributed by atoms with Crippen LogP contribution in [0.1, 0.15) is 29.8 Å². The molecule has 18 heavy (non-hydrogen) atoms. The number of pyridine rings is 1. The predicted octanol–water partition coefficient (Wildman–Crippen LogP) is 3.59. The Morgan fingerprint density at radius 2 is 2.11 bits per heavy atom. The lowest BCUT2D eigenvalue weighted by atomic mass is 10.1. The molecule has 2 rings (SSSR count). The number of carbonyl (C=O) groups is 1. The van der Waals surface area contributed by atoms with Gasteiger partial charge in [-0.25, -0.2) is 4.98 Å². The molecule has 1 N–H and O–H groups in total. The fourth-order valence-electron chi connectivity index (χ4n) is 1.69. The Labute approximate surface area is 107 Å². The Bertz CT molecular complexity index is 547. The van der Waals surface area contributed by atoms with Crippen LogP contribution in [-0.2, 0) is 6.42 Å². The average Bonchev–Trinajstić information content (AvgIpc) is 2.39. The van der Waals surface area contributed by atoms with Crippen molar-refractivity contribution >= 4 is 17.3 Å². The SMILES string of the molecule is CCc1cccc(Nc2ccc(C(C)=O)cn2)c1. The highest BCUT2D eigenvalue weighted by atomic mass is 16.1. The number of carbonyl (C=O) groups excluding carboxylic acids is 1. The van der Waals surface area contributed by atoms with Gasteiger partial charge in [-0.3, -0.25) is 4.79 Å². The fourth-order valence-corrected chi connectivity index (χ4v) is 1.69. The van der Waals surface area contributed by atoms with Gasteiger partial charge in [0.2, 0.25) is 0 Å². The third-order valence-electron chi connectivity index (χ3n) is 2.78. The van der Waals surface area contributed by atoms with Gasteiger partial charge in [-0.1, -0.05) is 19.1 Å². The second kappa shape index (κ2) is 5.45. The molecule has 0 aliphatic heterocycles. The molecule has 0 bridgehead atoms. The Hall–Kier alpha value is -2.16. The van der Waals surface area contributed by atoms with Crippen LogP contribution in [0.2, 0.25) is 0 Å². The van der Waals surface area contributed by atoms with Crippen LogP contribution in [0.5, 0.6) is 0 Å². The monoisotopic (exact) mass is 240 g/mol. The van der Waals surface area contributed by atoms with Gasteiger partial charge in [0, 0.05) is 17.4 Å². The summed E-state index contributed by atoms with van der Waals surface area (Å²) in [5.74, 6) is 0.773. The van der Waals surface area contributed by atoms with Crippen molar-refractivity contribution in [3.8, 4) is 0 Å². The molecule has 0 amide bonds. The minimum Gasteiger partial charge on any atom is -0.340 e. The minimum atomic E-state index is 0.0297. The number of ketones is 1. The predicted molar refractivity (Wildman–Crippen MR) is 73.3 cm³/mol. The zero-order chi connectivity index (χ0) is 13.0. The first-order valence-corrected chi connectivity index (χ1v) is 6.02. The summed E-state index contributed by atoms with van der Waals surface area (Å²) in [4.78, 5) is 15.4. The van der Waals surface area contributed by atoms with E-state index in [1.807, 2.05) is 18.2 Å². The van der Waals surface area contributed by atoms with Crippen molar-refractivity contribution in [2.75, 3.05) is 5.32 Å². The van der Waals surface area contributed by atoms with E-state index in [1.54, 1.807) is 12.3 Å². The molecule has 0 atom stereocenters. The normalized spacial score (nSPS) is 10.1. The molecular weight excluding hydrogens is 224 g/mol. The number of benzene rings is 1. The third-order valence-corrected chi connectivity index (χ3v) is 2.78. The zero-order valence-electron chi connectivity index (χ0n) is 10.6. The van der Waals surface area contributed by atoms with Crippen LogP contribution in [0.15, 0.2) is 42.6 Å². The molecule has 0 saturated heterocycles. The molecule has 0 spiro atoms. The molecule has 1 heterocycles. The van der Waals surface area contributed by atoms with E-state index in [4.69, 9.17) is 0 Å². The van der Waals surface area contributed by atoms with Crippen LogP contribution in [0.3, 0.4) is 0 Å². The molecule has 0 aliphatic rings. The molecule has 0 aliphatic carbocycles. The first kappa shape index (κ1) is 12.3. The van der Waals surface area contributed by atoms with E-state index in [2.05, 4.69) is 29.4 Å². The molecule has 1 aromatic heterocycles. The third kappa shape index (κ3) is 2.94. The number of hydrogen-bond acceptors (Lipinski definition) is 3. The summed E-state index contributed by atoms with van der Waals surface area (Å²) in [5, 5.41) is 3.22. The van der Waals surface area contributed by atoms with Gasteiger partial charge < -0.3 is 5.32 Å². The van der Waals surface area contributed by atoms with Crippen molar-refractivity contribution in [3.63, 3.8) is 0 Å². The maximum atomic E-state index is 11.1. The van der Waals surface area contributed by atoms with E-state index in [0.29, 0.717) is 5.56 Å². The second-order valence-corrected chi connectivity index (χ2v) is 4.17. The number of aromatic nitrogens is 1. The van der Waals surface area contributed by atoms with Crippen LogP contribution < -0.4 is 5.32 Å². The molecule has 3 heteroatoms. The first-order valence-electron chi connectivity index (χ1n) is 6.02. The molecule has 3 nitrogen and oxygen atoms in total. The summed E-state index contributed by atoms with van der Waals surface area (Å²) in [5.41, 5.74) is 2.92. The summed E-state index contributed by atoms with van der Waals surface area (Å²) in [7, 11) is 0. The molecule has 2 aromatic rings. The fraction of sp³-hybridized carbons (Fsp3) is 0.200. The molecule has 0 radical (unpaired) electrons. The number of rotatable bonds is 4. The van der Waals surface area contributed by atoms with E-state index >= 15 is 0 Å². The Morgan fingerprint density at radius 3 is 2.72 bits per heavy atom. The maximum absolute atomic E-state index is 11.1. The van der Waals surface area contributed by atoms with E-state index in [-0.39, 0.29) is 5.78 Å². The standard InChI is InChI=1S/C15H16N2O/c1-3-12-5-4-6-14(9-12)17-15-8-7-13(10-16-15)11(2)18/h4-10H,3H2,1-2H3,(H,16,17). The van der Waals surface area contributed by atoms with Gasteiger partial charge >= 0.3 is 0 Å². The zero-order valence-corrected chi connectivity index (χ0v) is 10.6. The second-order valence-electron chi connectivity index (χ2n) is 4.17. The van der Waals surface area contributed by atoms with Crippen LogP contribution in [0, 0.1) is 0 Å². The Morgan fingerprint density at radius 1 is 1.28 bits per heavy atom. The number of nitrogens with zero attached hydrogens (tertiary/aromatic N) is 1. The summed E-state index contributed by atoms with van der Waals surface area (Å²) in [6, 6.07) is 11.8. The van der Waals surface area contributed by atoms with Crippen LogP contribution in [0.25, 0.3) is 0 Å². The largest absolute Gasteiger partial charge is 0.340 e. The van der Waals surface area contributed by atoms with Crippen LogP contribution in [0.4, 0.5) is 11.5 Å². The topological polar surface area (TPSA) is 42.0 Å². The van der Waals surface area contributed by atoms with E-state index < -0.39 is 0 Å². The highest BCUT2D eigenvalue weighted by Gasteiger charge is 2.01. The van der Waals surface area contributed by atoms with Crippen LogP contribution in [-0.4, -0.2) is 10.8 Å². The van der Waals surface area contributed by atoms with E-state index in [9.17, 15) is 4.79 Å². The highest BCUT2D eigenvalue weighted by Crippen LogP contribution is 2.16. The van der Waals surface area contributed by atoms with Gasteiger partial charge in [0.25, 0.3) is 0 Å². The highest BCUT2D eigenvalue weighted by molar-refractivity contribution is 5.93. The van der Waals surface area contributed by atoms with Gasteiger partial charge in [-0.15, -0.1) is 0 Å². The van der Waals surface area contributed by atoms with Gasteiger partial charge in [0.15, 0.2) is 5.78 Å². The Kier molecular flexibility index (Phi) is 3.72. The molecule has 0 saturated carbocycles. The quantitative estimate of drug-likeness (QED) is 0.830. The van der Waals surface area contributed by atoms with Crippen molar-refractivity contribution in [1.82, 2.24) is 4.98 Å². The summed E-state index contributed by atoms with van der Waals surface area (Å²) >= 11 is 0. The molecule has 1 aromatic carbocycles. The van der Waals surface area contributed by atoms with Gasteiger partial charge in [-0.05, 0) is 43.2 Å². The summed E-state index contributed by atoms with van der Waals surface area (Å²) < 4.78 is 0. The van der Waals surface area contributed by atoms with Crippen molar-refractivity contribution in [2.24, 2.45) is 0 Å². The molecule has 0 unspecified atom stereocenters.